The first-order chi connectivity index (χ1) is 16.6. The number of amides is 1. The lowest BCUT2D eigenvalue weighted by molar-refractivity contribution is -0.123. The van der Waals surface area contributed by atoms with Crippen molar-refractivity contribution in [1.82, 2.24) is 0 Å². The maximum atomic E-state index is 13.9. The van der Waals surface area contributed by atoms with Gasteiger partial charge in [0, 0.05) is 37.3 Å². The van der Waals surface area contributed by atoms with Crippen LogP contribution in [0.5, 0.6) is 0 Å². The number of rotatable bonds is 5. The van der Waals surface area contributed by atoms with Gasteiger partial charge in [0.25, 0.3) is 0 Å². The molecule has 1 heterocycles. The summed E-state index contributed by atoms with van der Waals surface area (Å²) in [4.78, 5) is 42.2. The van der Waals surface area contributed by atoms with Gasteiger partial charge in [-0.05, 0) is 35.2 Å². The van der Waals surface area contributed by atoms with Crippen LogP contribution in [-0.4, -0.2) is 23.5 Å². The van der Waals surface area contributed by atoms with Crippen LogP contribution in [0.3, 0.4) is 0 Å². The molecule has 172 valence electrons. The highest BCUT2D eigenvalue weighted by Gasteiger charge is 2.50. The zero-order valence-electron chi connectivity index (χ0n) is 19.0. The van der Waals surface area contributed by atoms with Gasteiger partial charge >= 0.3 is 0 Å². The Kier molecular flexibility index (Phi) is 6.12. The second-order valence-electron chi connectivity index (χ2n) is 9.23. The van der Waals surface area contributed by atoms with Gasteiger partial charge in [-0.1, -0.05) is 66.7 Å². The third kappa shape index (κ3) is 4.08. The fourth-order valence-corrected chi connectivity index (χ4v) is 5.53. The van der Waals surface area contributed by atoms with Crippen molar-refractivity contribution in [1.29, 1.82) is 0 Å². The van der Waals surface area contributed by atoms with E-state index in [0.29, 0.717) is 37.1 Å². The van der Waals surface area contributed by atoms with Gasteiger partial charge in [0.05, 0.1) is 17.6 Å². The van der Waals surface area contributed by atoms with E-state index in [1.165, 1.54) is 0 Å². The van der Waals surface area contributed by atoms with Crippen LogP contribution in [-0.2, 0) is 22.6 Å². The fourth-order valence-electron chi connectivity index (χ4n) is 5.53. The number of benzene rings is 3. The van der Waals surface area contributed by atoms with Crippen LogP contribution in [0.2, 0.25) is 0 Å². The molecule has 3 aromatic rings. The molecule has 0 spiro atoms. The first-order valence-electron chi connectivity index (χ1n) is 11.9. The summed E-state index contributed by atoms with van der Waals surface area (Å²) in [7, 11) is 0. The minimum atomic E-state index is -0.474. The van der Waals surface area contributed by atoms with Crippen molar-refractivity contribution in [3.63, 3.8) is 0 Å². The second kappa shape index (κ2) is 9.35. The van der Waals surface area contributed by atoms with Crippen LogP contribution in [0.15, 0.2) is 78.9 Å². The molecule has 1 saturated carbocycles. The number of fused-ring (bicyclic) bond motifs is 2. The van der Waals surface area contributed by atoms with E-state index in [0.717, 1.165) is 16.7 Å². The summed E-state index contributed by atoms with van der Waals surface area (Å²) < 4.78 is 0. The fraction of sp³-hybridized carbons (Fsp3) is 0.276. The van der Waals surface area contributed by atoms with Crippen LogP contribution in [0, 0.1) is 5.92 Å². The van der Waals surface area contributed by atoms with E-state index < -0.39 is 12.0 Å². The Morgan fingerprint density at radius 1 is 0.882 bits per heavy atom. The number of nitrogens with zero attached hydrogens (tertiary/aromatic N) is 1. The monoisotopic (exact) mass is 452 g/mol. The van der Waals surface area contributed by atoms with Crippen molar-refractivity contribution in [3.8, 4) is 0 Å². The molecule has 1 aliphatic carbocycles. The van der Waals surface area contributed by atoms with Crippen molar-refractivity contribution >= 4 is 23.2 Å². The van der Waals surface area contributed by atoms with Crippen LogP contribution in [0.4, 0.5) is 5.69 Å². The van der Waals surface area contributed by atoms with E-state index in [4.69, 9.17) is 5.73 Å². The Labute approximate surface area is 199 Å². The molecule has 1 aliphatic heterocycles. The SMILES string of the molecule is NCc1ccc2c(c1)C(=O)[C@H]1C(c3ccccc3)CC(=O)C[C@H]1N2C(=O)CCc1ccccc1. The number of anilines is 1. The predicted octanol–water partition coefficient (Wildman–Crippen LogP) is 4.44. The summed E-state index contributed by atoms with van der Waals surface area (Å²) in [5.41, 5.74) is 9.90. The Morgan fingerprint density at radius 3 is 2.29 bits per heavy atom. The Morgan fingerprint density at radius 2 is 1.59 bits per heavy atom. The normalized spacial score (nSPS) is 21.7. The molecule has 1 unspecified atom stereocenters. The van der Waals surface area contributed by atoms with Crippen LogP contribution in [0.1, 0.15) is 52.2 Å². The zero-order chi connectivity index (χ0) is 23.7. The largest absolute Gasteiger partial charge is 0.326 e. The maximum absolute atomic E-state index is 13.9. The van der Waals surface area contributed by atoms with Gasteiger partial charge in [0.1, 0.15) is 5.78 Å². The highest BCUT2D eigenvalue weighted by atomic mass is 16.2. The van der Waals surface area contributed by atoms with Gasteiger partial charge in [-0.2, -0.15) is 0 Å². The standard InChI is InChI=1S/C29H28N2O3/c30-18-20-11-13-25-24(15-20)29(34)28-23(21-9-5-2-6-10-21)16-22(32)17-26(28)31(25)27(33)14-12-19-7-3-1-4-8-19/h1-11,13,15,23,26,28H,12,14,16-18,30H2/t23?,26-,28+/m1/s1. The molecule has 2 N–H and O–H groups in total. The van der Waals surface area contributed by atoms with E-state index >= 15 is 0 Å². The number of Topliss-reactive ketones (excluding diaryl/α,β-unsaturated/α-hetero) is 2. The van der Waals surface area contributed by atoms with Crippen LogP contribution < -0.4 is 10.6 Å². The molecule has 3 atom stereocenters. The van der Waals surface area contributed by atoms with Crippen molar-refractivity contribution < 1.29 is 14.4 Å². The van der Waals surface area contributed by atoms with Crippen molar-refractivity contribution in [2.45, 2.75) is 44.2 Å². The summed E-state index contributed by atoms with van der Waals surface area (Å²) >= 11 is 0. The summed E-state index contributed by atoms with van der Waals surface area (Å²) in [6.07, 6.45) is 1.43. The van der Waals surface area contributed by atoms with E-state index in [1.54, 1.807) is 4.90 Å². The molecule has 0 bridgehead atoms. The number of hydrogen-bond donors (Lipinski definition) is 1. The minimum Gasteiger partial charge on any atom is -0.326 e. The second-order valence-corrected chi connectivity index (χ2v) is 9.23. The Balaban J connectivity index is 1.56. The number of hydrogen-bond acceptors (Lipinski definition) is 4. The molecule has 5 rings (SSSR count). The molecule has 0 aromatic heterocycles. The van der Waals surface area contributed by atoms with Gasteiger partial charge in [0.2, 0.25) is 5.91 Å². The molecular weight excluding hydrogens is 424 g/mol. The molecular formula is C29H28N2O3. The minimum absolute atomic E-state index is 0.00348. The van der Waals surface area contributed by atoms with Crippen molar-refractivity contribution in [2.24, 2.45) is 11.7 Å². The summed E-state index contributed by atoms with van der Waals surface area (Å²) in [5, 5.41) is 0. The van der Waals surface area contributed by atoms with E-state index in [-0.39, 0.29) is 29.8 Å². The summed E-state index contributed by atoms with van der Waals surface area (Å²) in [5.74, 6) is -0.676. The molecule has 5 nitrogen and oxygen atoms in total. The average molecular weight is 453 g/mol. The Bertz CT molecular complexity index is 1220. The molecule has 3 aromatic carbocycles. The van der Waals surface area contributed by atoms with E-state index in [1.807, 2.05) is 78.9 Å². The van der Waals surface area contributed by atoms with Gasteiger partial charge in [0.15, 0.2) is 5.78 Å². The topological polar surface area (TPSA) is 80.5 Å². The molecule has 1 fully saturated rings. The van der Waals surface area contributed by atoms with Crippen molar-refractivity contribution in [3.05, 3.63) is 101 Å². The third-order valence-corrected chi connectivity index (χ3v) is 7.16. The first-order valence-corrected chi connectivity index (χ1v) is 11.9. The van der Waals surface area contributed by atoms with Gasteiger partial charge in [-0.25, -0.2) is 0 Å². The van der Waals surface area contributed by atoms with Gasteiger partial charge in [-0.15, -0.1) is 0 Å². The predicted molar refractivity (Wildman–Crippen MR) is 132 cm³/mol. The van der Waals surface area contributed by atoms with Crippen LogP contribution in [0.25, 0.3) is 0 Å². The molecule has 0 radical (unpaired) electrons. The summed E-state index contributed by atoms with van der Waals surface area (Å²) in [6, 6.07) is 24.7. The third-order valence-electron chi connectivity index (χ3n) is 7.16. The number of carbonyl (C=O) groups excluding carboxylic acids is 3. The maximum Gasteiger partial charge on any atom is 0.227 e. The zero-order valence-corrected chi connectivity index (χ0v) is 19.0. The van der Waals surface area contributed by atoms with Gasteiger partial charge in [-0.3, -0.25) is 14.4 Å². The highest BCUT2D eigenvalue weighted by Crippen LogP contribution is 2.46. The first kappa shape index (κ1) is 22.2. The number of aryl methyl sites for hydroxylation is 1. The lowest BCUT2D eigenvalue weighted by Crippen LogP contribution is -2.56. The van der Waals surface area contributed by atoms with Gasteiger partial charge < -0.3 is 10.6 Å². The quantitative estimate of drug-likeness (QED) is 0.621. The Hall–Kier alpha value is -3.57. The number of carbonyl (C=O) groups is 3. The smallest absolute Gasteiger partial charge is 0.227 e. The number of nitrogens with two attached hydrogens (primary N) is 1. The highest BCUT2D eigenvalue weighted by molar-refractivity contribution is 6.12. The van der Waals surface area contributed by atoms with Crippen LogP contribution >= 0.6 is 0 Å². The molecule has 2 aliphatic rings. The summed E-state index contributed by atoms with van der Waals surface area (Å²) in [6.45, 7) is 0.317. The van der Waals surface area contributed by atoms with Crippen molar-refractivity contribution in [2.75, 3.05) is 4.90 Å². The molecule has 1 amide bonds. The molecule has 5 heteroatoms. The average Bonchev–Trinajstić information content (AvgIpc) is 2.88. The van der Waals surface area contributed by atoms with E-state index in [2.05, 4.69) is 0 Å². The lowest BCUT2D eigenvalue weighted by atomic mass is 9.66. The number of ketones is 2. The lowest BCUT2D eigenvalue weighted by Gasteiger charge is -2.47. The van der Waals surface area contributed by atoms with E-state index in [9.17, 15) is 14.4 Å². The molecule has 0 saturated heterocycles. The molecule has 34 heavy (non-hydrogen) atoms.